The number of nitrogens with zero attached hydrogens (tertiary/aromatic N) is 2. The minimum atomic E-state index is -3.38. The number of aliphatic imine (C=N–C) groups is 1. The first-order valence-electron chi connectivity index (χ1n) is 9.98. The molecule has 2 heterocycles. The summed E-state index contributed by atoms with van der Waals surface area (Å²) >= 11 is 0. The van der Waals surface area contributed by atoms with Crippen molar-refractivity contribution in [2.45, 2.75) is 12.8 Å². The molecular weight excluding hydrogens is 531 g/mol. The van der Waals surface area contributed by atoms with Crippen molar-refractivity contribution in [2.24, 2.45) is 4.99 Å². The van der Waals surface area contributed by atoms with Crippen LogP contribution >= 0.6 is 24.0 Å². The number of halogens is 1. The molecule has 0 atom stereocenters. The number of fused-ring (bicyclic) bond motifs is 2. The minimum Gasteiger partial charge on any atom is -0.454 e. The van der Waals surface area contributed by atoms with Crippen LogP contribution in [0.2, 0.25) is 0 Å². The molecule has 0 spiro atoms. The number of sulfonamides is 1. The van der Waals surface area contributed by atoms with Crippen LogP contribution in [0.15, 0.2) is 47.5 Å². The van der Waals surface area contributed by atoms with Crippen molar-refractivity contribution in [2.75, 3.05) is 43.5 Å². The Morgan fingerprint density at radius 1 is 1.10 bits per heavy atom. The Morgan fingerprint density at radius 2 is 1.87 bits per heavy atom. The van der Waals surface area contributed by atoms with Gasteiger partial charge in [-0.3, -0.25) is 9.30 Å². The standard InChI is InChI=1S/C21H26N4O4S.HI/c1-22-21(23-10-8-16-6-7-19-20(14-16)29-15-28-19)24-11-13-30(26,27)25-12-9-17-4-2-3-5-18(17)25;/h2-7,14H,8-13,15H2,1H3,(H2,22,23,24);1H. The molecule has 10 heteroatoms. The summed E-state index contributed by atoms with van der Waals surface area (Å²) in [5.74, 6) is 2.12. The van der Waals surface area contributed by atoms with E-state index in [0.29, 0.717) is 19.0 Å². The molecule has 31 heavy (non-hydrogen) atoms. The highest BCUT2D eigenvalue weighted by Crippen LogP contribution is 2.32. The molecule has 0 aliphatic carbocycles. The molecule has 4 rings (SSSR count). The average Bonchev–Trinajstić information content (AvgIpc) is 3.39. The average molecular weight is 558 g/mol. The van der Waals surface area contributed by atoms with Gasteiger partial charge in [-0.1, -0.05) is 24.3 Å². The van der Waals surface area contributed by atoms with E-state index in [1.54, 1.807) is 7.05 Å². The van der Waals surface area contributed by atoms with Gasteiger partial charge in [0, 0.05) is 26.7 Å². The van der Waals surface area contributed by atoms with Crippen LogP contribution in [-0.4, -0.2) is 53.6 Å². The summed E-state index contributed by atoms with van der Waals surface area (Å²) in [6.07, 6.45) is 1.53. The molecule has 0 saturated heterocycles. The van der Waals surface area contributed by atoms with E-state index in [9.17, 15) is 8.42 Å². The zero-order valence-corrected chi connectivity index (χ0v) is 20.5. The second-order valence-corrected chi connectivity index (χ2v) is 9.14. The number of benzene rings is 2. The van der Waals surface area contributed by atoms with Crippen molar-refractivity contribution in [3.63, 3.8) is 0 Å². The quantitative estimate of drug-likeness (QED) is 0.308. The lowest BCUT2D eigenvalue weighted by Crippen LogP contribution is -2.42. The molecule has 2 aromatic carbocycles. The van der Waals surface area contributed by atoms with Gasteiger partial charge in [0.1, 0.15) is 0 Å². The molecule has 0 amide bonds. The van der Waals surface area contributed by atoms with Gasteiger partial charge in [0.2, 0.25) is 16.8 Å². The summed E-state index contributed by atoms with van der Waals surface area (Å²) in [4.78, 5) is 4.17. The fraction of sp³-hybridized carbons (Fsp3) is 0.381. The fourth-order valence-electron chi connectivity index (χ4n) is 3.65. The SMILES string of the molecule is CN=C(NCCc1ccc2c(c1)OCO2)NCCS(=O)(=O)N1CCc2ccccc21.I. The van der Waals surface area contributed by atoms with Crippen LogP contribution in [0.5, 0.6) is 11.5 Å². The lowest BCUT2D eigenvalue weighted by atomic mass is 10.1. The van der Waals surface area contributed by atoms with E-state index in [1.165, 1.54) is 4.31 Å². The molecule has 0 saturated carbocycles. The molecule has 168 valence electrons. The summed E-state index contributed by atoms with van der Waals surface area (Å²) in [5.41, 5.74) is 3.00. The van der Waals surface area contributed by atoms with Gasteiger partial charge in [0.25, 0.3) is 0 Å². The number of para-hydroxylation sites is 1. The van der Waals surface area contributed by atoms with Gasteiger partial charge in [0.15, 0.2) is 17.5 Å². The molecule has 2 aliphatic heterocycles. The summed E-state index contributed by atoms with van der Waals surface area (Å²) in [6, 6.07) is 13.5. The van der Waals surface area contributed by atoms with Gasteiger partial charge >= 0.3 is 0 Å². The van der Waals surface area contributed by atoms with Crippen LogP contribution in [-0.2, 0) is 22.9 Å². The van der Waals surface area contributed by atoms with Crippen LogP contribution in [0, 0.1) is 0 Å². The summed E-state index contributed by atoms with van der Waals surface area (Å²) < 4.78 is 37.8. The highest BCUT2D eigenvalue weighted by Gasteiger charge is 2.28. The number of anilines is 1. The third-order valence-corrected chi connectivity index (χ3v) is 6.97. The predicted molar refractivity (Wildman–Crippen MR) is 132 cm³/mol. The first-order chi connectivity index (χ1) is 14.6. The second kappa shape index (κ2) is 10.4. The highest BCUT2D eigenvalue weighted by atomic mass is 127. The topological polar surface area (TPSA) is 92.3 Å². The van der Waals surface area contributed by atoms with E-state index in [-0.39, 0.29) is 43.1 Å². The van der Waals surface area contributed by atoms with Crippen LogP contribution in [0.4, 0.5) is 5.69 Å². The van der Waals surface area contributed by atoms with Gasteiger partial charge in [0.05, 0.1) is 11.4 Å². The molecular formula is C21H27IN4O4S. The number of hydrogen-bond acceptors (Lipinski definition) is 5. The Morgan fingerprint density at radius 3 is 2.71 bits per heavy atom. The monoisotopic (exact) mass is 558 g/mol. The van der Waals surface area contributed by atoms with Gasteiger partial charge in [-0.2, -0.15) is 0 Å². The predicted octanol–water partition coefficient (Wildman–Crippen LogP) is 2.13. The van der Waals surface area contributed by atoms with Crippen molar-refractivity contribution >= 4 is 45.6 Å². The molecule has 2 N–H and O–H groups in total. The molecule has 2 aromatic rings. The largest absolute Gasteiger partial charge is 0.454 e. The van der Waals surface area contributed by atoms with Crippen LogP contribution in [0.3, 0.4) is 0 Å². The molecule has 2 aliphatic rings. The van der Waals surface area contributed by atoms with E-state index in [0.717, 1.165) is 41.2 Å². The van der Waals surface area contributed by atoms with E-state index < -0.39 is 10.0 Å². The Kier molecular flexibility index (Phi) is 7.87. The summed E-state index contributed by atoms with van der Waals surface area (Å²) in [5, 5.41) is 6.30. The van der Waals surface area contributed by atoms with Crippen molar-refractivity contribution in [1.82, 2.24) is 10.6 Å². The number of nitrogens with one attached hydrogen (secondary N) is 2. The number of ether oxygens (including phenoxy) is 2. The van der Waals surface area contributed by atoms with E-state index in [1.807, 2.05) is 42.5 Å². The Labute approximate surface area is 200 Å². The smallest absolute Gasteiger partial charge is 0.236 e. The molecule has 8 nitrogen and oxygen atoms in total. The normalized spacial score (nSPS) is 14.7. The number of hydrogen-bond donors (Lipinski definition) is 2. The Bertz CT molecular complexity index is 1050. The van der Waals surface area contributed by atoms with Gasteiger partial charge in [-0.05, 0) is 42.2 Å². The zero-order valence-electron chi connectivity index (χ0n) is 17.3. The van der Waals surface area contributed by atoms with Crippen LogP contribution in [0.25, 0.3) is 0 Å². The first-order valence-corrected chi connectivity index (χ1v) is 11.6. The van der Waals surface area contributed by atoms with Crippen LogP contribution < -0.4 is 24.4 Å². The zero-order chi connectivity index (χ0) is 21.0. The van der Waals surface area contributed by atoms with Crippen LogP contribution in [0.1, 0.15) is 11.1 Å². The fourth-order valence-corrected chi connectivity index (χ4v) is 5.08. The van der Waals surface area contributed by atoms with Gasteiger partial charge < -0.3 is 20.1 Å². The molecule has 0 radical (unpaired) electrons. The van der Waals surface area contributed by atoms with Gasteiger partial charge in [-0.25, -0.2) is 8.42 Å². The van der Waals surface area contributed by atoms with E-state index in [4.69, 9.17) is 9.47 Å². The maximum Gasteiger partial charge on any atom is 0.236 e. The summed E-state index contributed by atoms with van der Waals surface area (Å²) in [6.45, 7) is 1.71. The molecule has 0 aromatic heterocycles. The maximum atomic E-state index is 12.8. The molecule has 0 unspecified atom stereocenters. The van der Waals surface area contributed by atoms with Crippen molar-refractivity contribution in [3.8, 4) is 11.5 Å². The van der Waals surface area contributed by atoms with Gasteiger partial charge in [-0.15, -0.1) is 24.0 Å². The molecule has 0 fully saturated rings. The third kappa shape index (κ3) is 5.53. The van der Waals surface area contributed by atoms with Crippen molar-refractivity contribution < 1.29 is 17.9 Å². The van der Waals surface area contributed by atoms with E-state index >= 15 is 0 Å². The molecule has 0 bridgehead atoms. The number of guanidine groups is 1. The summed E-state index contributed by atoms with van der Waals surface area (Å²) in [7, 11) is -1.72. The first kappa shape index (κ1) is 23.5. The lowest BCUT2D eigenvalue weighted by molar-refractivity contribution is 0.174. The highest BCUT2D eigenvalue weighted by molar-refractivity contribution is 14.0. The van der Waals surface area contributed by atoms with E-state index in [2.05, 4.69) is 15.6 Å². The Balaban J connectivity index is 0.00000272. The second-order valence-electron chi connectivity index (χ2n) is 7.13. The lowest BCUT2D eigenvalue weighted by Gasteiger charge is -2.20. The third-order valence-electron chi connectivity index (χ3n) is 5.20. The maximum absolute atomic E-state index is 12.8. The van der Waals surface area contributed by atoms with Crippen molar-refractivity contribution in [1.29, 1.82) is 0 Å². The Hall–Kier alpha value is -2.21. The minimum absolute atomic E-state index is 0. The number of rotatable bonds is 7. The van der Waals surface area contributed by atoms with Crippen molar-refractivity contribution in [3.05, 3.63) is 53.6 Å².